The van der Waals surface area contributed by atoms with Gasteiger partial charge in [0.2, 0.25) is 5.13 Å². The number of Topliss-reactive ketones (excluding diaryl/α,β-unsaturated/α-hetero) is 1. The number of carbonyl (C=O) groups excluding carboxylic acids is 2. The van der Waals surface area contributed by atoms with Crippen LogP contribution in [0.5, 0.6) is 11.5 Å². The van der Waals surface area contributed by atoms with E-state index in [1.165, 1.54) is 16.2 Å². The number of fused-ring (bicyclic) bond motifs is 1. The molecule has 1 saturated heterocycles. The number of aryl methyl sites for hydroxylation is 3. The maximum absolute atomic E-state index is 13.7. The molecule has 4 heterocycles. The number of aliphatic hydroxyl groups excluding tert-OH is 1. The summed E-state index contributed by atoms with van der Waals surface area (Å²) in [5.74, 6) is -1.08. The van der Waals surface area contributed by atoms with E-state index in [1.807, 2.05) is 66.9 Å². The lowest BCUT2D eigenvalue weighted by Crippen LogP contribution is -2.29. The van der Waals surface area contributed by atoms with Crippen molar-refractivity contribution in [1.29, 1.82) is 0 Å². The number of amides is 1. The fourth-order valence-electron chi connectivity index (χ4n) is 5.22. The fourth-order valence-corrected chi connectivity index (χ4v) is 5.93. The van der Waals surface area contributed by atoms with Crippen LogP contribution in [0.25, 0.3) is 11.4 Å². The summed E-state index contributed by atoms with van der Waals surface area (Å²) in [5, 5.41) is 20.8. The Labute approximate surface area is 251 Å². The Kier molecular flexibility index (Phi) is 7.41. The Morgan fingerprint density at radius 1 is 0.977 bits per heavy atom. The molecule has 10 nitrogen and oxygen atoms in total. The van der Waals surface area contributed by atoms with Crippen molar-refractivity contribution in [2.75, 3.05) is 11.5 Å². The average Bonchev–Trinajstić information content (AvgIpc) is 3.67. The summed E-state index contributed by atoms with van der Waals surface area (Å²) in [4.78, 5) is 33.2. The first-order chi connectivity index (χ1) is 20.8. The largest absolute Gasteiger partial charge is 0.505 e. The molecule has 11 heteroatoms. The lowest BCUT2D eigenvalue weighted by molar-refractivity contribution is -0.132. The van der Waals surface area contributed by atoms with Gasteiger partial charge in [-0.2, -0.15) is 0 Å². The number of rotatable bonds is 8. The van der Waals surface area contributed by atoms with Gasteiger partial charge < -0.3 is 19.0 Å². The number of aromatic nitrogens is 4. The summed E-state index contributed by atoms with van der Waals surface area (Å²) in [7, 11) is 0. The number of nitrogens with zero attached hydrogens (tertiary/aromatic N) is 5. The number of ether oxygens (including phenoxy) is 2. The zero-order valence-electron chi connectivity index (χ0n) is 24.1. The van der Waals surface area contributed by atoms with Crippen molar-refractivity contribution in [3.8, 4) is 11.5 Å². The lowest BCUT2D eigenvalue weighted by atomic mass is 9.96. The van der Waals surface area contributed by atoms with Crippen LogP contribution in [-0.4, -0.2) is 43.0 Å². The van der Waals surface area contributed by atoms with Crippen molar-refractivity contribution in [3.05, 3.63) is 106 Å². The Morgan fingerprint density at radius 3 is 2.47 bits per heavy atom. The van der Waals surface area contributed by atoms with E-state index < -0.39 is 17.7 Å². The van der Waals surface area contributed by atoms with E-state index in [0.29, 0.717) is 46.6 Å². The third-order valence-electron chi connectivity index (χ3n) is 7.29. The quantitative estimate of drug-likeness (QED) is 0.138. The van der Waals surface area contributed by atoms with Crippen molar-refractivity contribution in [2.45, 2.75) is 40.3 Å². The van der Waals surface area contributed by atoms with Gasteiger partial charge in [0, 0.05) is 6.20 Å². The molecule has 1 atom stereocenters. The minimum Gasteiger partial charge on any atom is -0.505 e. The van der Waals surface area contributed by atoms with Gasteiger partial charge in [-0.15, -0.1) is 10.2 Å². The Bertz CT molecular complexity index is 1890. The van der Waals surface area contributed by atoms with E-state index in [0.717, 1.165) is 11.1 Å². The molecule has 218 valence electrons. The average molecular weight is 596 g/mol. The Morgan fingerprint density at radius 2 is 1.77 bits per heavy atom. The van der Waals surface area contributed by atoms with Gasteiger partial charge in [-0.25, -0.2) is 4.98 Å². The highest BCUT2D eigenvalue weighted by Crippen LogP contribution is 2.45. The molecule has 6 rings (SSSR count). The van der Waals surface area contributed by atoms with Crippen molar-refractivity contribution < 1.29 is 24.2 Å². The zero-order valence-corrected chi connectivity index (χ0v) is 24.9. The lowest BCUT2D eigenvalue weighted by Gasteiger charge is -2.23. The standard InChI is InChI=1S/C32H29N5O5S/c1-5-41-24-16-22(13-14-23(24)42-17-21-11-7-6-8-12-21)27-25(29(39)31(40)37(27)32-35-34-20(4)43-32)28(38)26-19(3)36-15-9-10-18(2)30(36)33-26/h6-16,27,38H,5,17H2,1-4H3. The molecule has 1 amide bonds. The minimum atomic E-state index is -1.01. The summed E-state index contributed by atoms with van der Waals surface area (Å²) in [6.07, 6.45) is 1.84. The molecule has 0 bridgehead atoms. The van der Waals surface area contributed by atoms with Gasteiger partial charge >= 0.3 is 5.91 Å². The number of hydrogen-bond donors (Lipinski definition) is 1. The molecule has 1 fully saturated rings. The van der Waals surface area contributed by atoms with Gasteiger partial charge in [0.15, 0.2) is 17.3 Å². The molecule has 43 heavy (non-hydrogen) atoms. The summed E-state index contributed by atoms with van der Waals surface area (Å²) < 4.78 is 13.9. The van der Waals surface area contributed by atoms with Crippen LogP contribution in [0.4, 0.5) is 5.13 Å². The predicted octanol–water partition coefficient (Wildman–Crippen LogP) is 5.72. The smallest absolute Gasteiger partial charge is 0.301 e. The SMILES string of the molecule is CCOc1cc(C2C(=C(O)c3nc4c(C)cccn4c3C)C(=O)C(=O)N2c2nnc(C)s2)ccc1OCc1ccccc1. The molecule has 1 N–H and O–H groups in total. The van der Waals surface area contributed by atoms with E-state index in [-0.39, 0.29) is 22.2 Å². The second kappa shape index (κ2) is 11.3. The molecule has 0 saturated carbocycles. The molecule has 3 aromatic heterocycles. The van der Waals surface area contributed by atoms with Crippen LogP contribution in [0.15, 0.2) is 72.4 Å². The normalized spacial score (nSPS) is 16.3. The van der Waals surface area contributed by atoms with E-state index in [1.54, 1.807) is 32.0 Å². The second-order valence-electron chi connectivity index (χ2n) is 10.1. The topological polar surface area (TPSA) is 119 Å². The number of pyridine rings is 1. The maximum Gasteiger partial charge on any atom is 0.301 e. The molecule has 2 aromatic carbocycles. The molecule has 0 aliphatic carbocycles. The van der Waals surface area contributed by atoms with Crippen molar-refractivity contribution in [3.63, 3.8) is 0 Å². The molecule has 5 aromatic rings. The third kappa shape index (κ3) is 5.01. The number of carbonyl (C=O) groups is 2. The summed E-state index contributed by atoms with van der Waals surface area (Å²) in [5.41, 5.74) is 3.83. The summed E-state index contributed by atoms with van der Waals surface area (Å²) >= 11 is 1.18. The zero-order chi connectivity index (χ0) is 30.2. The molecule has 1 aliphatic heterocycles. The van der Waals surface area contributed by atoms with Crippen molar-refractivity contribution in [1.82, 2.24) is 19.6 Å². The van der Waals surface area contributed by atoms with E-state index in [9.17, 15) is 14.7 Å². The highest BCUT2D eigenvalue weighted by molar-refractivity contribution is 7.15. The van der Waals surface area contributed by atoms with Crippen LogP contribution < -0.4 is 14.4 Å². The second-order valence-corrected chi connectivity index (χ2v) is 11.3. The van der Waals surface area contributed by atoms with Gasteiger partial charge in [-0.3, -0.25) is 14.5 Å². The van der Waals surface area contributed by atoms with Crippen molar-refractivity contribution >= 4 is 39.6 Å². The van der Waals surface area contributed by atoms with Crippen LogP contribution >= 0.6 is 11.3 Å². The number of benzene rings is 2. The van der Waals surface area contributed by atoms with Gasteiger partial charge in [0.05, 0.1) is 23.9 Å². The molecular formula is C32H29N5O5S. The highest BCUT2D eigenvalue weighted by Gasteiger charge is 2.49. The fraction of sp³-hybridized carbons (Fsp3) is 0.219. The van der Waals surface area contributed by atoms with E-state index >= 15 is 0 Å². The Hall–Kier alpha value is -5.03. The summed E-state index contributed by atoms with van der Waals surface area (Å²) in [6, 6.07) is 17.8. The predicted molar refractivity (Wildman–Crippen MR) is 162 cm³/mol. The highest BCUT2D eigenvalue weighted by atomic mass is 32.1. The van der Waals surface area contributed by atoms with E-state index in [4.69, 9.17) is 9.47 Å². The van der Waals surface area contributed by atoms with E-state index in [2.05, 4.69) is 15.2 Å². The molecular weight excluding hydrogens is 566 g/mol. The first-order valence-electron chi connectivity index (χ1n) is 13.8. The first kappa shape index (κ1) is 28.1. The molecule has 1 aliphatic rings. The summed E-state index contributed by atoms with van der Waals surface area (Å²) in [6.45, 7) is 8.04. The van der Waals surface area contributed by atoms with Crippen LogP contribution in [0, 0.1) is 20.8 Å². The monoisotopic (exact) mass is 595 g/mol. The number of hydrogen-bond acceptors (Lipinski definition) is 9. The molecule has 1 unspecified atom stereocenters. The van der Waals surface area contributed by atoms with Crippen LogP contribution in [0.3, 0.4) is 0 Å². The van der Waals surface area contributed by atoms with Crippen molar-refractivity contribution in [2.24, 2.45) is 0 Å². The van der Waals surface area contributed by atoms with Crippen LogP contribution in [-0.2, 0) is 16.2 Å². The number of ketones is 1. The number of aliphatic hydroxyl groups is 1. The molecule has 0 spiro atoms. The van der Waals surface area contributed by atoms with Crippen LogP contribution in [0.1, 0.15) is 46.1 Å². The maximum atomic E-state index is 13.7. The van der Waals surface area contributed by atoms with Gasteiger partial charge in [0.1, 0.15) is 23.0 Å². The van der Waals surface area contributed by atoms with Gasteiger partial charge in [-0.05, 0) is 62.6 Å². The Balaban J connectivity index is 1.50. The minimum absolute atomic E-state index is 0.0950. The molecule has 0 radical (unpaired) electrons. The number of imidazole rings is 1. The number of anilines is 1. The van der Waals surface area contributed by atoms with Gasteiger partial charge in [0.25, 0.3) is 5.78 Å². The third-order valence-corrected chi connectivity index (χ3v) is 8.13. The van der Waals surface area contributed by atoms with Crippen LogP contribution in [0.2, 0.25) is 0 Å². The van der Waals surface area contributed by atoms with Gasteiger partial charge in [-0.1, -0.05) is 53.8 Å². The first-order valence-corrected chi connectivity index (χ1v) is 14.6.